The summed E-state index contributed by atoms with van der Waals surface area (Å²) in [6, 6.07) is 13.5. The van der Waals surface area contributed by atoms with Gasteiger partial charge in [0.25, 0.3) is 0 Å². The maximum atomic E-state index is 11.4. The molecule has 0 aromatic heterocycles. The van der Waals surface area contributed by atoms with Gasteiger partial charge in [-0.3, -0.25) is 0 Å². The molecule has 1 heterocycles. The Labute approximate surface area is 123 Å². The van der Waals surface area contributed by atoms with Gasteiger partial charge in [-0.1, -0.05) is 24.3 Å². The fraction of sp³-hybridized carbons (Fsp3) is 0.235. The molecule has 4 heteroatoms. The van der Waals surface area contributed by atoms with Crippen LogP contribution < -0.4 is 9.64 Å². The Morgan fingerprint density at radius 2 is 2.10 bits per heavy atom. The number of rotatable bonds is 4. The van der Waals surface area contributed by atoms with Crippen LogP contribution in [-0.2, 0) is 13.0 Å². The van der Waals surface area contributed by atoms with E-state index in [0.717, 1.165) is 18.5 Å². The number of carbonyl (C=O) groups is 1. The number of hydrogen-bond acceptors (Lipinski definition) is 3. The van der Waals surface area contributed by atoms with Gasteiger partial charge in [-0.15, -0.1) is 0 Å². The zero-order valence-electron chi connectivity index (χ0n) is 11.9. The Kier molecular flexibility index (Phi) is 3.52. The number of anilines is 1. The third-order valence-electron chi connectivity index (χ3n) is 3.89. The Hall–Kier alpha value is -2.49. The summed E-state index contributed by atoms with van der Waals surface area (Å²) >= 11 is 0. The highest BCUT2D eigenvalue weighted by Gasteiger charge is 2.20. The quantitative estimate of drug-likeness (QED) is 0.937. The molecule has 2 aromatic carbocycles. The molecule has 1 aliphatic rings. The molecule has 3 rings (SSSR count). The maximum absolute atomic E-state index is 11.4. The number of ether oxygens (including phenoxy) is 1. The second-order valence-corrected chi connectivity index (χ2v) is 5.13. The minimum absolute atomic E-state index is 0.304. The predicted octanol–water partition coefficient (Wildman–Crippen LogP) is 2.96. The van der Waals surface area contributed by atoms with Crippen molar-refractivity contribution in [1.29, 1.82) is 0 Å². The van der Waals surface area contributed by atoms with Crippen LogP contribution >= 0.6 is 0 Å². The van der Waals surface area contributed by atoms with Crippen molar-refractivity contribution >= 4 is 11.7 Å². The van der Waals surface area contributed by atoms with E-state index in [2.05, 4.69) is 17.0 Å². The summed E-state index contributed by atoms with van der Waals surface area (Å²) < 4.78 is 5.11. The smallest absolute Gasteiger partial charge is 0.336 e. The monoisotopic (exact) mass is 283 g/mol. The van der Waals surface area contributed by atoms with Crippen molar-refractivity contribution in [2.45, 2.75) is 13.0 Å². The zero-order valence-corrected chi connectivity index (χ0v) is 11.9. The van der Waals surface area contributed by atoms with E-state index in [1.165, 1.54) is 18.4 Å². The van der Waals surface area contributed by atoms with E-state index in [4.69, 9.17) is 4.74 Å². The topological polar surface area (TPSA) is 49.8 Å². The molecule has 1 aliphatic heterocycles. The number of carboxylic acids is 1. The van der Waals surface area contributed by atoms with Crippen LogP contribution in [-0.4, -0.2) is 24.7 Å². The van der Waals surface area contributed by atoms with Crippen molar-refractivity contribution in [2.75, 3.05) is 18.6 Å². The SMILES string of the molecule is COc1ccc(CN2CCc3ccccc32)c(C(=O)O)c1. The molecule has 21 heavy (non-hydrogen) atoms. The van der Waals surface area contributed by atoms with Crippen molar-refractivity contribution in [1.82, 2.24) is 0 Å². The molecule has 0 amide bonds. The van der Waals surface area contributed by atoms with Crippen molar-refractivity contribution in [3.63, 3.8) is 0 Å². The van der Waals surface area contributed by atoms with E-state index < -0.39 is 5.97 Å². The van der Waals surface area contributed by atoms with E-state index in [0.29, 0.717) is 17.9 Å². The fourth-order valence-corrected chi connectivity index (χ4v) is 2.80. The molecule has 0 bridgehead atoms. The lowest BCUT2D eigenvalue weighted by molar-refractivity contribution is 0.0695. The Balaban J connectivity index is 1.91. The van der Waals surface area contributed by atoms with Gasteiger partial charge in [-0.2, -0.15) is 0 Å². The number of fused-ring (bicyclic) bond motifs is 1. The first kappa shape index (κ1) is 13.5. The van der Waals surface area contributed by atoms with Crippen LogP contribution in [0.1, 0.15) is 21.5 Å². The van der Waals surface area contributed by atoms with Crippen molar-refractivity contribution in [3.8, 4) is 5.75 Å². The van der Waals surface area contributed by atoms with E-state index >= 15 is 0 Å². The minimum atomic E-state index is -0.920. The number of hydrogen-bond donors (Lipinski definition) is 1. The number of nitrogens with zero attached hydrogens (tertiary/aromatic N) is 1. The summed E-state index contributed by atoms with van der Waals surface area (Å²) in [6.07, 6.45) is 1.01. The molecule has 108 valence electrons. The van der Waals surface area contributed by atoms with Gasteiger partial charge in [0.1, 0.15) is 5.75 Å². The van der Waals surface area contributed by atoms with Gasteiger partial charge in [-0.05, 0) is 35.7 Å². The molecule has 1 N–H and O–H groups in total. The Bertz CT molecular complexity index is 681. The van der Waals surface area contributed by atoms with Gasteiger partial charge in [0, 0.05) is 18.8 Å². The van der Waals surface area contributed by atoms with Gasteiger partial charge in [0.15, 0.2) is 0 Å². The largest absolute Gasteiger partial charge is 0.497 e. The van der Waals surface area contributed by atoms with E-state index in [1.807, 2.05) is 24.3 Å². The van der Waals surface area contributed by atoms with Crippen LogP contribution in [0.5, 0.6) is 5.75 Å². The molecule has 0 fully saturated rings. The summed E-state index contributed by atoms with van der Waals surface area (Å²) in [7, 11) is 1.54. The molecule has 0 saturated heterocycles. The molecule has 0 radical (unpaired) electrons. The van der Waals surface area contributed by atoms with Crippen LogP contribution in [0.2, 0.25) is 0 Å². The predicted molar refractivity (Wildman–Crippen MR) is 81.1 cm³/mol. The number of aromatic carboxylic acids is 1. The molecular formula is C17H17NO3. The maximum Gasteiger partial charge on any atom is 0.336 e. The second-order valence-electron chi connectivity index (χ2n) is 5.13. The van der Waals surface area contributed by atoms with Crippen LogP contribution in [0.4, 0.5) is 5.69 Å². The van der Waals surface area contributed by atoms with Crippen LogP contribution in [0.25, 0.3) is 0 Å². The molecule has 2 aromatic rings. The number of carboxylic acid groups (broad SMARTS) is 1. The Morgan fingerprint density at radius 3 is 2.86 bits per heavy atom. The highest BCUT2D eigenvalue weighted by molar-refractivity contribution is 5.90. The average molecular weight is 283 g/mol. The van der Waals surface area contributed by atoms with Crippen LogP contribution in [0, 0.1) is 0 Å². The first-order valence-electron chi connectivity index (χ1n) is 6.92. The van der Waals surface area contributed by atoms with Gasteiger partial charge < -0.3 is 14.7 Å². The first-order chi connectivity index (χ1) is 10.2. The van der Waals surface area contributed by atoms with Crippen molar-refractivity contribution in [3.05, 3.63) is 59.2 Å². The minimum Gasteiger partial charge on any atom is -0.497 e. The van der Waals surface area contributed by atoms with Crippen molar-refractivity contribution in [2.24, 2.45) is 0 Å². The van der Waals surface area contributed by atoms with Crippen molar-refractivity contribution < 1.29 is 14.6 Å². The second kappa shape index (κ2) is 5.48. The molecule has 0 saturated carbocycles. The van der Waals surface area contributed by atoms with Gasteiger partial charge in [0.05, 0.1) is 12.7 Å². The first-order valence-corrected chi connectivity index (χ1v) is 6.92. The van der Waals surface area contributed by atoms with E-state index in [-0.39, 0.29) is 0 Å². The van der Waals surface area contributed by atoms with E-state index in [9.17, 15) is 9.90 Å². The summed E-state index contributed by atoms with van der Waals surface area (Å²) in [5.41, 5.74) is 3.63. The molecule has 0 atom stereocenters. The Morgan fingerprint density at radius 1 is 1.29 bits per heavy atom. The normalized spacial score (nSPS) is 13.1. The van der Waals surface area contributed by atoms with E-state index in [1.54, 1.807) is 6.07 Å². The fourth-order valence-electron chi connectivity index (χ4n) is 2.80. The third kappa shape index (κ3) is 2.57. The lowest BCUT2D eigenvalue weighted by Crippen LogP contribution is -2.21. The number of benzene rings is 2. The van der Waals surface area contributed by atoms with Crippen LogP contribution in [0.3, 0.4) is 0 Å². The average Bonchev–Trinajstić information content (AvgIpc) is 2.91. The van der Waals surface area contributed by atoms with Crippen LogP contribution in [0.15, 0.2) is 42.5 Å². The van der Waals surface area contributed by atoms with Gasteiger partial charge >= 0.3 is 5.97 Å². The lowest BCUT2D eigenvalue weighted by atomic mass is 10.1. The summed E-state index contributed by atoms with van der Waals surface area (Å²) in [5, 5.41) is 9.38. The summed E-state index contributed by atoms with van der Waals surface area (Å²) in [5.74, 6) is -0.352. The summed E-state index contributed by atoms with van der Waals surface area (Å²) in [6.45, 7) is 1.52. The molecular weight excluding hydrogens is 266 g/mol. The molecule has 0 unspecified atom stereocenters. The molecule has 4 nitrogen and oxygen atoms in total. The number of para-hydroxylation sites is 1. The zero-order chi connectivity index (χ0) is 14.8. The highest BCUT2D eigenvalue weighted by Crippen LogP contribution is 2.30. The third-order valence-corrected chi connectivity index (χ3v) is 3.89. The standard InChI is InChI=1S/C17H17NO3/c1-21-14-7-6-13(15(10-14)17(19)20)11-18-9-8-12-4-2-3-5-16(12)18/h2-7,10H,8-9,11H2,1H3,(H,19,20). The number of methoxy groups -OCH3 is 1. The molecule has 0 spiro atoms. The lowest BCUT2D eigenvalue weighted by Gasteiger charge is -2.20. The molecule has 0 aliphatic carbocycles. The van der Waals surface area contributed by atoms with Gasteiger partial charge in [0.2, 0.25) is 0 Å². The highest BCUT2D eigenvalue weighted by atomic mass is 16.5. The summed E-state index contributed by atoms with van der Waals surface area (Å²) in [4.78, 5) is 13.7. The van der Waals surface area contributed by atoms with Gasteiger partial charge in [-0.25, -0.2) is 4.79 Å².